The minimum absolute atomic E-state index is 0.172. The van der Waals surface area contributed by atoms with E-state index in [1.807, 2.05) is 20.8 Å². The number of alkyl halides is 3. The fraction of sp³-hybridized carbons (Fsp3) is 0.538. The Morgan fingerprint density at radius 2 is 1.78 bits per heavy atom. The second-order valence-electron chi connectivity index (χ2n) is 4.75. The molecule has 0 saturated carbocycles. The monoisotopic (exact) mass is 261 g/mol. The molecule has 1 aromatic rings. The van der Waals surface area contributed by atoms with Gasteiger partial charge in [0.2, 0.25) is 0 Å². The van der Waals surface area contributed by atoms with Crippen LogP contribution in [0.1, 0.15) is 32.4 Å². The molecule has 0 aliphatic heterocycles. The van der Waals surface area contributed by atoms with E-state index in [4.69, 9.17) is 5.73 Å². The van der Waals surface area contributed by atoms with Gasteiger partial charge in [0.1, 0.15) is 5.75 Å². The lowest BCUT2D eigenvalue weighted by Crippen LogP contribution is -2.23. The van der Waals surface area contributed by atoms with E-state index in [0.29, 0.717) is 11.5 Å². The molecule has 0 aromatic heterocycles. The lowest BCUT2D eigenvalue weighted by molar-refractivity contribution is -0.274. The van der Waals surface area contributed by atoms with Crippen LogP contribution in [0.5, 0.6) is 5.75 Å². The normalized spacial score (nSPS) is 15.6. The SMILES string of the molecule is CC(C)C(C)C(N)c1cccc(OC(F)(F)F)c1. The Hall–Kier alpha value is -1.23. The first kappa shape index (κ1) is 14.8. The summed E-state index contributed by atoms with van der Waals surface area (Å²) in [5.74, 6) is 0.296. The van der Waals surface area contributed by atoms with Crippen molar-refractivity contribution in [3.05, 3.63) is 29.8 Å². The van der Waals surface area contributed by atoms with Gasteiger partial charge in [0.15, 0.2) is 0 Å². The summed E-state index contributed by atoms with van der Waals surface area (Å²) in [5.41, 5.74) is 6.69. The Kier molecular flexibility index (Phi) is 4.62. The van der Waals surface area contributed by atoms with E-state index in [-0.39, 0.29) is 17.7 Å². The second kappa shape index (κ2) is 5.61. The van der Waals surface area contributed by atoms with Gasteiger partial charge >= 0.3 is 6.36 Å². The third kappa shape index (κ3) is 4.22. The van der Waals surface area contributed by atoms with Gasteiger partial charge in [-0.15, -0.1) is 13.2 Å². The van der Waals surface area contributed by atoms with Gasteiger partial charge in [-0.25, -0.2) is 0 Å². The van der Waals surface area contributed by atoms with Crippen LogP contribution in [0.2, 0.25) is 0 Å². The van der Waals surface area contributed by atoms with Gasteiger partial charge in [-0.1, -0.05) is 32.9 Å². The zero-order valence-corrected chi connectivity index (χ0v) is 10.7. The summed E-state index contributed by atoms with van der Waals surface area (Å²) in [6.45, 7) is 6.04. The molecule has 0 heterocycles. The van der Waals surface area contributed by atoms with Gasteiger partial charge in [0.25, 0.3) is 0 Å². The zero-order valence-electron chi connectivity index (χ0n) is 10.7. The summed E-state index contributed by atoms with van der Waals surface area (Å²) in [4.78, 5) is 0. The highest BCUT2D eigenvalue weighted by molar-refractivity contribution is 5.30. The number of benzene rings is 1. The third-order valence-electron chi connectivity index (χ3n) is 3.09. The lowest BCUT2D eigenvalue weighted by Gasteiger charge is -2.24. The van der Waals surface area contributed by atoms with Crippen molar-refractivity contribution in [1.82, 2.24) is 0 Å². The highest BCUT2D eigenvalue weighted by atomic mass is 19.4. The van der Waals surface area contributed by atoms with Crippen LogP contribution in [-0.4, -0.2) is 6.36 Å². The molecule has 0 fully saturated rings. The predicted octanol–water partition coefficient (Wildman–Crippen LogP) is 3.88. The standard InChI is InChI=1S/C13H18F3NO/c1-8(2)9(3)12(17)10-5-4-6-11(7-10)18-13(14,15)16/h4-9,12H,17H2,1-3H3. The highest BCUT2D eigenvalue weighted by Crippen LogP contribution is 2.29. The molecule has 0 aliphatic carbocycles. The van der Waals surface area contributed by atoms with Crippen molar-refractivity contribution in [2.45, 2.75) is 33.2 Å². The fourth-order valence-electron chi connectivity index (χ4n) is 1.64. The summed E-state index contributed by atoms with van der Waals surface area (Å²) in [5, 5.41) is 0. The molecule has 0 amide bonds. The van der Waals surface area contributed by atoms with Crippen molar-refractivity contribution < 1.29 is 17.9 Å². The molecule has 1 aromatic carbocycles. The van der Waals surface area contributed by atoms with E-state index >= 15 is 0 Å². The van der Waals surface area contributed by atoms with Crippen molar-refractivity contribution in [1.29, 1.82) is 0 Å². The van der Waals surface area contributed by atoms with Crippen LogP contribution in [-0.2, 0) is 0 Å². The molecule has 0 spiro atoms. The molecule has 0 bridgehead atoms. The van der Waals surface area contributed by atoms with Gasteiger partial charge in [0.05, 0.1) is 0 Å². The van der Waals surface area contributed by atoms with Crippen LogP contribution < -0.4 is 10.5 Å². The molecule has 102 valence electrons. The first-order valence-corrected chi connectivity index (χ1v) is 5.82. The Labute approximate surface area is 105 Å². The molecule has 5 heteroatoms. The molecule has 0 aliphatic rings. The lowest BCUT2D eigenvalue weighted by atomic mass is 9.87. The van der Waals surface area contributed by atoms with Gasteiger partial charge in [0, 0.05) is 6.04 Å². The number of rotatable bonds is 4. The Morgan fingerprint density at radius 3 is 2.28 bits per heavy atom. The Bertz CT molecular complexity index is 390. The molecule has 18 heavy (non-hydrogen) atoms. The molecular weight excluding hydrogens is 243 g/mol. The Balaban J connectivity index is 2.88. The van der Waals surface area contributed by atoms with E-state index in [1.54, 1.807) is 6.07 Å². The van der Waals surface area contributed by atoms with Crippen molar-refractivity contribution >= 4 is 0 Å². The van der Waals surface area contributed by atoms with Crippen molar-refractivity contribution in [3.63, 3.8) is 0 Å². The predicted molar refractivity (Wildman–Crippen MR) is 64.1 cm³/mol. The number of ether oxygens (including phenoxy) is 1. The average molecular weight is 261 g/mol. The van der Waals surface area contributed by atoms with Crippen LogP contribution in [0, 0.1) is 11.8 Å². The van der Waals surface area contributed by atoms with Crippen molar-refractivity contribution in [2.75, 3.05) is 0 Å². The van der Waals surface area contributed by atoms with Crippen LogP contribution in [0.25, 0.3) is 0 Å². The van der Waals surface area contributed by atoms with E-state index in [9.17, 15) is 13.2 Å². The van der Waals surface area contributed by atoms with Crippen LogP contribution in [0.3, 0.4) is 0 Å². The van der Waals surface area contributed by atoms with Gasteiger partial charge in [-0.3, -0.25) is 0 Å². The molecule has 0 radical (unpaired) electrons. The minimum atomic E-state index is -4.67. The molecule has 0 saturated heterocycles. The van der Waals surface area contributed by atoms with Crippen LogP contribution >= 0.6 is 0 Å². The van der Waals surface area contributed by atoms with Crippen LogP contribution in [0.15, 0.2) is 24.3 Å². The van der Waals surface area contributed by atoms with E-state index in [1.165, 1.54) is 18.2 Å². The minimum Gasteiger partial charge on any atom is -0.406 e. The third-order valence-corrected chi connectivity index (χ3v) is 3.09. The van der Waals surface area contributed by atoms with Gasteiger partial charge in [-0.05, 0) is 29.5 Å². The number of hydrogen-bond acceptors (Lipinski definition) is 2. The number of nitrogens with two attached hydrogens (primary N) is 1. The van der Waals surface area contributed by atoms with E-state index < -0.39 is 6.36 Å². The topological polar surface area (TPSA) is 35.2 Å². The molecule has 2 N–H and O–H groups in total. The van der Waals surface area contributed by atoms with Gasteiger partial charge in [-0.2, -0.15) is 0 Å². The summed E-state index contributed by atoms with van der Waals surface area (Å²) in [7, 11) is 0. The van der Waals surface area contributed by atoms with Crippen molar-refractivity contribution in [2.24, 2.45) is 17.6 Å². The maximum Gasteiger partial charge on any atom is 0.573 e. The van der Waals surface area contributed by atoms with E-state index in [2.05, 4.69) is 4.74 Å². The first-order valence-electron chi connectivity index (χ1n) is 5.82. The quantitative estimate of drug-likeness (QED) is 0.892. The van der Waals surface area contributed by atoms with Gasteiger partial charge < -0.3 is 10.5 Å². The summed E-state index contributed by atoms with van der Waals surface area (Å²) >= 11 is 0. The zero-order chi connectivity index (χ0) is 13.9. The Morgan fingerprint density at radius 1 is 1.17 bits per heavy atom. The van der Waals surface area contributed by atoms with Crippen LogP contribution in [0.4, 0.5) is 13.2 Å². The number of halogens is 3. The average Bonchev–Trinajstić information content (AvgIpc) is 2.25. The molecular formula is C13H18F3NO. The molecule has 2 unspecified atom stereocenters. The largest absolute Gasteiger partial charge is 0.573 e. The highest BCUT2D eigenvalue weighted by Gasteiger charge is 2.31. The van der Waals surface area contributed by atoms with Crippen molar-refractivity contribution in [3.8, 4) is 5.75 Å². The summed E-state index contributed by atoms with van der Waals surface area (Å²) in [6, 6.07) is 5.54. The fourth-order valence-corrected chi connectivity index (χ4v) is 1.64. The first-order chi connectivity index (χ1) is 8.20. The maximum atomic E-state index is 12.1. The molecule has 1 rings (SSSR count). The maximum absolute atomic E-state index is 12.1. The summed E-state index contributed by atoms with van der Waals surface area (Å²) in [6.07, 6.45) is -4.67. The molecule has 2 nitrogen and oxygen atoms in total. The summed E-state index contributed by atoms with van der Waals surface area (Å²) < 4.78 is 40.2. The molecule has 2 atom stereocenters. The number of hydrogen-bond donors (Lipinski definition) is 1. The second-order valence-corrected chi connectivity index (χ2v) is 4.75. The smallest absolute Gasteiger partial charge is 0.406 e. The van der Waals surface area contributed by atoms with E-state index in [0.717, 1.165) is 0 Å².